The molecular weight excluding hydrogens is 238 g/mol. The summed E-state index contributed by atoms with van der Waals surface area (Å²) in [6.45, 7) is 7.06. The molecule has 0 amide bonds. The molecule has 0 bridgehead atoms. The van der Waals surface area contributed by atoms with Crippen molar-refractivity contribution in [1.29, 1.82) is 0 Å². The van der Waals surface area contributed by atoms with Gasteiger partial charge in [0.05, 0.1) is 6.26 Å². The molecule has 1 aromatic heterocycles. The fourth-order valence-electron chi connectivity index (χ4n) is 1.74. The summed E-state index contributed by atoms with van der Waals surface area (Å²) in [6, 6.07) is 3.92. The molecule has 0 aliphatic rings. The minimum absolute atomic E-state index is 0.844. The van der Waals surface area contributed by atoms with Crippen LogP contribution in [-0.2, 0) is 6.42 Å². The van der Waals surface area contributed by atoms with Crippen LogP contribution >= 0.6 is 0 Å². The van der Waals surface area contributed by atoms with Gasteiger partial charge in [-0.1, -0.05) is 26.7 Å². The Morgan fingerprint density at radius 2 is 2.00 bits per heavy atom. The molecular formula is C15H27N3O. The van der Waals surface area contributed by atoms with Crippen molar-refractivity contribution < 1.29 is 4.42 Å². The summed E-state index contributed by atoms with van der Waals surface area (Å²) in [6.07, 6.45) is 7.37. The van der Waals surface area contributed by atoms with Crippen molar-refractivity contribution in [3.8, 4) is 0 Å². The SMILES string of the molecule is CCCCCNC(=NCCC)NCCc1ccco1. The summed E-state index contributed by atoms with van der Waals surface area (Å²) in [4.78, 5) is 4.52. The van der Waals surface area contributed by atoms with Crippen LogP contribution in [-0.4, -0.2) is 25.6 Å². The van der Waals surface area contributed by atoms with Gasteiger partial charge >= 0.3 is 0 Å². The van der Waals surface area contributed by atoms with Crippen molar-refractivity contribution in [2.75, 3.05) is 19.6 Å². The quantitative estimate of drug-likeness (QED) is 0.410. The molecule has 0 saturated heterocycles. The van der Waals surface area contributed by atoms with Crippen LogP contribution in [0.5, 0.6) is 0 Å². The van der Waals surface area contributed by atoms with E-state index in [1.165, 1.54) is 19.3 Å². The third kappa shape index (κ3) is 7.54. The van der Waals surface area contributed by atoms with Crippen LogP contribution in [0.4, 0.5) is 0 Å². The average molecular weight is 265 g/mol. The van der Waals surface area contributed by atoms with Crippen molar-refractivity contribution >= 4 is 5.96 Å². The Kier molecular flexibility index (Phi) is 8.60. The summed E-state index contributed by atoms with van der Waals surface area (Å²) >= 11 is 0. The topological polar surface area (TPSA) is 49.6 Å². The molecule has 1 rings (SSSR count). The first-order chi connectivity index (χ1) is 9.36. The molecule has 0 spiro atoms. The number of unbranched alkanes of at least 4 members (excludes halogenated alkanes) is 2. The third-order valence-electron chi connectivity index (χ3n) is 2.81. The Balaban J connectivity index is 2.24. The van der Waals surface area contributed by atoms with Crippen LogP contribution in [0.1, 0.15) is 45.3 Å². The second kappa shape index (κ2) is 10.5. The lowest BCUT2D eigenvalue weighted by Gasteiger charge is -2.11. The van der Waals surface area contributed by atoms with Crippen LogP contribution in [0.3, 0.4) is 0 Å². The lowest BCUT2D eigenvalue weighted by molar-refractivity contribution is 0.506. The number of furan rings is 1. The minimum Gasteiger partial charge on any atom is -0.469 e. The minimum atomic E-state index is 0.844. The van der Waals surface area contributed by atoms with E-state index in [4.69, 9.17) is 4.42 Å². The van der Waals surface area contributed by atoms with Crippen LogP contribution in [0, 0.1) is 0 Å². The van der Waals surface area contributed by atoms with E-state index in [0.717, 1.165) is 44.2 Å². The monoisotopic (exact) mass is 265 g/mol. The fourth-order valence-corrected chi connectivity index (χ4v) is 1.74. The van der Waals surface area contributed by atoms with Crippen molar-refractivity contribution in [2.45, 2.75) is 46.0 Å². The van der Waals surface area contributed by atoms with E-state index in [2.05, 4.69) is 29.5 Å². The first-order valence-electron chi connectivity index (χ1n) is 7.41. The normalized spacial score (nSPS) is 11.6. The maximum atomic E-state index is 5.31. The molecule has 0 unspecified atom stereocenters. The molecule has 0 radical (unpaired) electrons. The Morgan fingerprint density at radius 1 is 1.16 bits per heavy atom. The van der Waals surface area contributed by atoms with Crippen LogP contribution < -0.4 is 10.6 Å². The molecule has 1 heterocycles. The predicted molar refractivity (Wildman–Crippen MR) is 80.5 cm³/mol. The van der Waals surface area contributed by atoms with Gasteiger partial charge in [-0.25, -0.2) is 0 Å². The molecule has 19 heavy (non-hydrogen) atoms. The molecule has 0 fully saturated rings. The van der Waals surface area contributed by atoms with Gasteiger partial charge in [0, 0.05) is 26.1 Å². The number of nitrogens with zero attached hydrogens (tertiary/aromatic N) is 1. The van der Waals surface area contributed by atoms with Gasteiger partial charge in [-0.2, -0.15) is 0 Å². The summed E-state index contributed by atoms with van der Waals surface area (Å²) in [5.74, 6) is 1.93. The summed E-state index contributed by atoms with van der Waals surface area (Å²) < 4.78 is 5.31. The second-order valence-corrected chi connectivity index (χ2v) is 4.62. The number of rotatable bonds is 9. The lowest BCUT2D eigenvalue weighted by atomic mass is 10.2. The average Bonchev–Trinajstić information content (AvgIpc) is 2.93. The predicted octanol–water partition coefficient (Wildman–Crippen LogP) is 2.96. The molecule has 0 atom stereocenters. The van der Waals surface area contributed by atoms with E-state index in [1.807, 2.05) is 12.1 Å². The van der Waals surface area contributed by atoms with Gasteiger partial charge in [0.25, 0.3) is 0 Å². The molecule has 2 N–H and O–H groups in total. The molecule has 4 heteroatoms. The van der Waals surface area contributed by atoms with E-state index in [0.29, 0.717) is 0 Å². The fraction of sp³-hybridized carbons (Fsp3) is 0.667. The highest BCUT2D eigenvalue weighted by Crippen LogP contribution is 1.99. The van der Waals surface area contributed by atoms with E-state index < -0.39 is 0 Å². The van der Waals surface area contributed by atoms with Crippen molar-refractivity contribution in [2.24, 2.45) is 4.99 Å². The first-order valence-corrected chi connectivity index (χ1v) is 7.41. The Morgan fingerprint density at radius 3 is 2.68 bits per heavy atom. The Bertz CT molecular complexity index is 333. The molecule has 0 aromatic carbocycles. The zero-order chi connectivity index (χ0) is 13.8. The summed E-state index contributed by atoms with van der Waals surface area (Å²) in [7, 11) is 0. The number of hydrogen-bond donors (Lipinski definition) is 2. The second-order valence-electron chi connectivity index (χ2n) is 4.62. The third-order valence-corrected chi connectivity index (χ3v) is 2.81. The van der Waals surface area contributed by atoms with E-state index in [1.54, 1.807) is 6.26 Å². The molecule has 4 nitrogen and oxygen atoms in total. The Hall–Kier alpha value is -1.45. The molecule has 1 aromatic rings. The standard InChI is InChI=1S/C15H27N3O/c1-3-5-6-11-17-15(16-10-4-2)18-12-9-14-8-7-13-19-14/h7-8,13H,3-6,9-12H2,1-2H3,(H2,16,17,18). The van der Waals surface area contributed by atoms with Crippen LogP contribution in [0.2, 0.25) is 0 Å². The smallest absolute Gasteiger partial charge is 0.191 e. The van der Waals surface area contributed by atoms with Gasteiger partial charge in [0.1, 0.15) is 5.76 Å². The van der Waals surface area contributed by atoms with Crippen LogP contribution in [0.25, 0.3) is 0 Å². The lowest BCUT2D eigenvalue weighted by Crippen LogP contribution is -2.39. The number of aliphatic imine (C=N–C) groups is 1. The maximum absolute atomic E-state index is 5.31. The van der Waals surface area contributed by atoms with Crippen molar-refractivity contribution in [1.82, 2.24) is 10.6 Å². The zero-order valence-electron chi connectivity index (χ0n) is 12.2. The maximum Gasteiger partial charge on any atom is 0.191 e. The number of nitrogens with one attached hydrogen (secondary N) is 2. The van der Waals surface area contributed by atoms with Gasteiger partial charge in [-0.15, -0.1) is 0 Å². The molecule has 108 valence electrons. The van der Waals surface area contributed by atoms with E-state index >= 15 is 0 Å². The van der Waals surface area contributed by atoms with Gasteiger partial charge in [0.2, 0.25) is 0 Å². The number of guanidine groups is 1. The van der Waals surface area contributed by atoms with E-state index in [-0.39, 0.29) is 0 Å². The van der Waals surface area contributed by atoms with Crippen molar-refractivity contribution in [3.05, 3.63) is 24.2 Å². The van der Waals surface area contributed by atoms with Crippen LogP contribution in [0.15, 0.2) is 27.8 Å². The van der Waals surface area contributed by atoms with Gasteiger partial charge < -0.3 is 15.1 Å². The van der Waals surface area contributed by atoms with Gasteiger partial charge in [-0.3, -0.25) is 4.99 Å². The zero-order valence-corrected chi connectivity index (χ0v) is 12.2. The van der Waals surface area contributed by atoms with E-state index in [9.17, 15) is 0 Å². The Labute approximate surface area is 116 Å². The first kappa shape index (κ1) is 15.6. The molecule has 0 aliphatic heterocycles. The van der Waals surface area contributed by atoms with Gasteiger partial charge in [0.15, 0.2) is 5.96 Å². The highest BCUT2D eigenvalue weighted by molar-refractivity contribution is 5.79. The molecule has 0 saturated carbocycles. The molecule has 0 aliphatic carbocycles. The highest BCUT2D eigenvalue weighted by Gasteiger charge is 1.99. The number of hydrogen-bond acceptors (Lipinski definition) is 2. The summed E-state index contributed by atoms with van der Waals surface area (Å²) in [5.41, 5.74) is 0. The highest BCUT2D eigenvalue weighted by atomic mass is 16.3. The summed E-state index contributed by atoms with van der Waals surface area (Å²) in [5, 5.41) is 6.73. The van der Waals surface area contributed by atoms with Gasteiger partial charge in [-0.05, 0) is 25.0 Å². The van der Waals surface area contributed by atoms with Crippen molar-refractivity contribution in [3.63, 3.8) is 0 Å². The largest absolute Gasteiger partial charge is 0.469 e.